The number of hydrogen-bond acceptors (Lipinski definition) is 4. The molecule has 0 aromatic heterocycles. The third-order valence-electron chi connectivity index (χ3n) is 4.40. The maximum absolute atomic E-state index is 12.5. The molecule has 0 fully saturated rings. The van der Waals surface area contributed by atoms with Gasteiger partial charge in [-0.25, -0.2) is 0 Å². The average Bonchev–Trinajstić information content (AvgIpc) is 2.73. The van der Waals surface area contributed by atoms with Gasteiger partial charge in [0.2, 0.25) is 0 Å². The molecule has 2 aromatic carbocycles. The smallest absolute Gasteiger partial charge is 0.306 e. The zero-order valence-corrected chi connectivity index (χ0v) is 16.3. The number of benzene rings is 2. The topological polar surface area (TPSA) is 95.9 Å². The minimum absolute atomic E-state index is 0.132. The standard InChI is InChI=1S/C23H25NO5/c1-29-13-5-8-17-9-11-19(12-10-17)22(26)24-21(16-25)15-20(23(27)28)14-18-6-3-2-4-7-18/h2-4,6-7,9-12,20-21,25H,13-16H2,1H3,(H,24,26)(H,27,28)/t20-,21-/m0/s1. The number of carbonyl (C=O) groups excluding carboxylic acids is 1. The highest BCUT2D eigenvalue weighted by molar-refractivity contribution is 5.94. The molecule has 0 unspecified atom stereocenters. The molecule has 0 radical (unpaired) electrons. The fourth-order valence-electron chi connectivity index (χ4n) is 2.88. The van der Waals surface area contributed by atoms with E-state index in [1.165, 1.54) is 0 Å². The van der Waals surface area contributed by atoms with Gasteiger partial charge in [0.05, 0.1) is 18.6 Å². The molecular formula is C23H25NO5. The molecule has 152 valence electrons. The van der Waals surface area contributed by atoms with Crippen molar-refractivity contribution in [3.8, 4) is 11.8 Å². The Labute approximate surface area is 170 Å². The van der Waals surface area contributed by atoms with E-state index in [9.17, 15) is 19.8 Å². The molecule has 0 spiro atoms. The Morgan fingerprint density at radius 2 is 1.79 bits per heavy atom. The van der Waals surface area contributed by atoms with E-state index in [4.69, 9.17) is 4.74 Å². The van der Waals surface area contributed by atoms with Crippen LogP contribution in [0.15, 0.2) is 54.6 Å². The van der Waals surface area contributed by atoms with Crippen LogP contribution in [0, 0.1) is 17.8 Å². The first kappa shape index (κ1) is 22.2. The summed E-state index contributed by atoms with van der Waals surface area (Å²) in [5.41, 5.74) is 2.06. The average molecular weight is 395 g/mol. The van der Waals surface area contributed by atoms with Crippen LogP contribution in [0.2, 0.25) is 0 Å². The van der Waals surface area contributed by atoms with Crippen molar-refractivity contribution in [3.05, 3.63) is 71.3 Å². The minimum Gasteiger partial charge on any atom is -0.481 e. The molecule has 0 aliphatic heterocycles. The molecule has 6 nitrogen and oxygen atoms in total. The Morgan fingerprint density at radius 1 is 1.10 bits per heavy atom. The lowest BCUT2D eigenvalue weighted by Gasteiger charge is -2.21. The third-order valence-corrected chi connectivity index (χ3v) is 4.40. The van der Waals surface area contributed by atoms with Crippen molar-refractivity contribution in [2.75, 3.05) is 20.3 Å². The molecule has 0 saturated heterocycles. The summed E-state index contributed by atoms with van der Waals surface area (Å²) in [7, 11) is 1.56. The number of rotatable bonds is 9. The van der Waals surface area contributed by atoms with E-state index in [0.29, 0.717) is 18.6 Å². The Morgan fingerprint density at radius 3 is 2.38 bits per heavy atom. The summed E-state index contributed by atoms with van der Waals surface area (Å²) in [6.07, 6.45) is 0.463. The van der Waals surface area contributed by atoms with Gasteiger partial charge in [-0.2, -0.15) is 0 Å². The number of aliphatic hydroxyl groups is 1. The largest absolute Gasteiger partial charge is 0.481 e. The van der Waals surface area contributed by atoms with E-state index in [1.807, 2.05) is 30.3 Å². The van der Waals surface area contributed by atoms with Crippen molar-refractivity contribution in [3.63, 3.8) is 0 Å². The molecular weight excluding hydrogens is 370 g/mol. The van der Waals surface area contributed by atoms with E-state index >= 15 is 0 Å². The first-order chi connectivity index (χ1) is 14.0. The number of aliphatic carboxylic acids is 1. The van der Waals surface area contributed by atoms with Crippen molar-refractivity contribution in [1.82, 2.24) is 5.32 Å². The summed E-state index contributed by atoms with van der Waals surface area (Å²) in [6.45, 7) is -0.0149. The molecule has 29 heavy (non-hydrogen) atoms. The van der Waals surface area contributed by atoms with Crippen molar-refractivity contribution in [2.45, 2.75) is 18.9 Å². The van der Waals surface area contributed by atoms with Gasteiger partial charge in [0.15, 0.2) is 0 Å². The van der Waals surface area contributed by atoms with Crippen LogP contribution in [0.25, 0.3) is 0 Å². The summed E-state index contributed by atoms with van der Waals surface area (Å²) < 4.78 is 4.86. The molecule has 1 amide bonds. The number of aliphatic hydroxyl groups excluding tert-OH is 1. The number of carbonyl (C=O) groups is 2. The van der Waals surface area contributed by atoms with Gasteiger partial charge in [-0.05, 0) is 42.7 Å². The van der Waals surface area contributed by atoms with E-state index in [1.54, 1.807) is 31.4 Å². The number of amides is 1. The van der Waals surface area contributed by atoms with Gasteiger partial charge < -0.3 is 20.3 Å². The number of ether oxygens (including phenoxy) is 1. The molecule has 0 aliphatic rings. The monoisotopic (exact) mass is 395 g/mol. The van der Waals surface area contributed by atoms with Gasteiger partial charge >= 0.3 is 5.97 Å². The van der Waals surface area contributed by atoms with Crippen LogP contribution in [0.4, 0.5) is 0 Å². The Bertz CT molecular complexity index is 852. The van der Waals surface area contributed by atoms with Crippen molar-refractivity contribution >= 4 is 11.9 Å². The van der Waals surface area contributed by atoms with Crippen LogP contribution in [0.3, 0.4) is 0 Å². The van der Waals surface area contributed by atoms with E-state index in [2.05, 4.69) is 17.2 Å². The zero-order chi connectivity index (χ0) is 21.1. The maximum atomic E-state index is 12.5. The predicted molar refractivity (Wildman–Crippen MR) is 109 cm³/mol. The lowest BCUT2D eigenvalue weighted by atomic mass is 9.93. The number of hydrogen-bond donors (Lipinski definition) is 3. The Kier molecular flexibility index (Phi) is 8.90. The van der Waals surface area contributed by atoms with Gasteiger partial charge in [-0.15, -0.1) is 0 Å². The summed E-state index contributed by atoms with van der Waals surface area (Å²) in [5.74, 6) is 3.70. The first-order valence-corrected chi connectivity index (χ1v) is 9.29. The summed E-state index contributed by atoms with van der Waals surface area (Å²) in [5, 5.41) is 21.9. The second-order valence-corrected chi connectivity index (χ2v) is 6.63. The number of nitrogens with one attached hydrogen (secondary N) is 1. The van der Waals surface area contributed by atoms with Gasteiger partial charge in [0.25, 0.3) is 5.91 Å². The maximum Gasteiger partial charge on any atom is 0.306 e. The molecule has 0 bridgehead atoms. The van der Waals surface area contributed by atoms with Crippen LogP contribution in [-0.4, -0.2) is 48.5 Å². The van der Waals surface area contributed by atoms with Gasteiger partial charge in [-0.1, -0.05) is 42.2 Å². The second kappa shape index (κ2) is 11.6. The molecule has 0 heterocycles. The van der Waals surface area contributed by atoms with Gasteiger partial charge in [-0.3, -0.25) is 9.59 Å². The summed E-state index contributed by atoms with van der Waals surface area (Å²) in [6, 6.07) is 15.4. The van der Waals surface area contributed by atoms with E-state index in [0.717, 1.165) is 11.1 Å². The number of carboxylic acid groups (broad SMARTS) is 1. The van der Waals surface area contributed by atoms with Gasteiger partial charge in [0, 0.05) is 18.2 Å². The molecule has 0 aliphatic carbocycles. The fraction of sp³-hybridized carbons (Fsp3) is 0.304. The van der Waals surface area contributed by atoms with Crippen LogP contribution >= 0.6 is 0 Å². The summed E-state index contributed by atoms with van der Waals surface area (Å²) >= 11 is 0. The highest BCUT2D eigenvalue weighted by Gasteiger charge is 2.24. The third kappa shape index (κ3) is 7.41. The van der Waals surface area contributed by atoms with Crippen LogP contribution in [0.5, 0.6) is 0 Å². The molecule has 3 N–H and O–H groups in total. The SMILES string of the molecule is COCC#Cc1ccc(C(=O)N[C@H](CO)C[C@H](Cc2ccccc2)C(=O)O)cc1. The molecule has 2 rings (SSSR count). The molecule has 2 atom stereocenters. The predicted octanol–water partition coefficient (Wildman–Crippen LogP) is 2.11. The summed E-state index contributed by atoms with van der Waals surface area (Å²) in [4.78, 5) is 24.1. The highest BCUT2D eigenvalue weighted by Crippen LogP contribution is 2.15. The van der Waals surface area contributed by atoms with E-state index < -0.39 is 17.9 Å². The quantitative estimate of drug-likeness (QED) is 0.565. The lowest BCUT2D eigenvalue weighted by molar-refractivity contribution is -0.142. The molecule has 2 aromatic rings. The van der Waals surface area contributed by atoms with Crippen LogP contribution in [-0.2, 0) is 16.0 Å². The minimum atomic E-state index is -0.958. The Balaban J connectivity index is 1.99. The fourth-order valence-corrected chi connectivity index (χ4v) is 2.88. The first-order valence-electron chi connectivity index (χ1n) is 9.29. The van der Waals surface area contributed by atoms with Crippen LogP contribution in [0.1, 0.15) is 27.9 Å². The van der Waals surface area contributed by atoms with Crippen molar-refractivity contribution < 1.29 is 24.5 Å². The zero-order valence-electron chi connectivity index (χ0n) is 16.3. The number of methoxy groups -OCH3 is 1. The van der Waals surface area contributed by atoms with Crippen LogP contribution < -0.4 is 5.32 Å². The Hall–Kier alpha value is -3.14. The molecule has 6 heteroatoms. The second-order valence-electron chi connectivity index (χ2n) is 6.63. The normalized spacial score (nSPS) is 12.3. The van der Waals surface area contributed by atoms with E-state index in [-0.39, 0.29) is 18.9 Å². The van der Waals surface area contributed by atoms with Crippen molar-refractivity contribution in [1.29, 1.82) is 0 Å². The lowest BCUT2D eigenvalue weighted by Crippen LogP contribution is -2.40. The van der Waals surface area contributed by atoms with Gasteiger partial charge in [0.1, 0.15) is 6.61 Å². The van der Waals surface area contributed by atoms with Crippen molar-refractivity contribution in [2.24, 2.45) is 5.92 Å². The number of carboxylic acids is 1. The highest BCUT2D eigenvalue weighted by atomic mass is 16.5. The molecule has 0 saturated carbocycles.